The van der Waals surface area contributed by atoms with E-state index >= 15 is 0 Å². The Labute approximate surface area is 184 Å². The van der Waals surface area contributed by atoms with Gasteiger partial charge in [-0.15, -0.1) is 35.3 Å². The SMILES string of the molecule is CCNC(=NCC(C)(O)CN1CCOCC1)NCC(C)(C)c1cccs1.I. The van der Waals surface area contributed by atoms with Crippen LogP contribution in [0.2, 0.25) is 0 Å². The summed E-state index contributed by atoms with van der Waals surface area (Å²) in [5, 5.41) is 19.5. The first-order valence-corrected chi connectivity index (χ1v) is 10.3. The normalized spacial score (nSPS) is 18.5. The number of rotatable bonds is 8. The number of nitrogens with zero attached hydrogens (tertiary/aromatic N) is 2. The Kier molecular flexibility index (Phi) is 10.5. The first-order valence-electron chi connectivity index (χ1n) is 9.41. The molecule has 0 bridgehead atoms. The predicted octanol–water partition coefficient (Wildman–Crippen LogP) is 2.28. The molecule has 1 saturated heterocycles. The summed E-state index contributed by atoms with van der Waals surface area (Å²) in [7, 11) is 0. The summed E-state index contributed by atoms with van der Waals surface area (Å²) in [6, 6.07) is 4.26. The molecule has 0 saturated carbocycles. The zero-order chi connectivity index (χ0) is 19.0. The second kappa shape index (κ2) is 11.5. The average Bonchev–Trinajstić information content (AvgIpc) is 3.13. The smallest absolute Gasteiger partial charge is 0.191 e. The van der Waals surface area contributed by atoms with Crippen LogP contribution in [0.1, 0.15) is 32.6 Å². The van der Waals surface area contributed by atoms with Gasteiger partial charge in [-0.3, -0.25) is 9.89 Å². The van der Waals surface area contributed by atoms with E-state index in [2.05, 4.69) is 51.9 Å². The van der Waals surface area contributed by atoms with Crippen molar-refractivity contribution < 1.29 is 9.84 Å². The summed E-state index contributed by atoms with van der Waals surface area (Å²) < 4.78 is 5.37. The van der Waals surface area contributed by atoms with Gasteiger partial charge in [-0.1, -0.05) is 19.9 Å². The van der Waals surface area contributed by atoms with E-state index < -0.39 is 5.60 Å². The Hall–Kier alpha value is -0.420. The molecule has 0 radical (unpaired) electrons. The summed E-state index contributed by atoms with van der Waals surface area (Å²) in [6.45, 7) is 14.1. The zero-order valence-electron chi connectivity index (χ0n) is 17.0. The van der Waals surface area contributed by atoms with E-state index in [1.54, 1.807) is 11.3 Å². The molecular formula is C19H35IN4O2S. The van der Waals surface area contributed by atoms with Crippen LogP contribution >= 0.6 is 35.3 Å². The van der Waals surface area contributed by atoms with Crippen LogP contribution in [-0.4, -0.2) is 74.0 Å². The van der Waals surface area contributed by atoms with Crippen LogP contribution in [0, 0.1) is 0 Å². The Morgan fingerprint density at radius 1 is 1.30 bits per heavy atom. The van der Waals surface area contributed by atoms with Gasteiger partial charge < -0.3 is 20.5 Å². The van der Waals surface area contributed by atoms with Crippen LogP contribution in [0.5, 0.6) is 0 Å². The fourth-order valence-corrected chi connectivity index (χ4v) is 3.79. The molecule has 0 aliphatic carbocycles. The van der Waals surface area contributed by atoms with Crippen molar-refractivity contribution >= 4 is 41.3 Å². The van der Waals surface area contributed by atoms with Crippen LogP contribution in [0.15, 0.2) is 22.5 Å². The van der Waals surface area contributed by atoms with E-state index in [0.29, 0.717) is 13.1 Å². The molecule has 2 heterocycles. The number of aliphatic hydroxyl groups is 1. The number of hydrogen-bond acceptors (Lipinski definition) is 5. The van der Waals surface area contributed by atoms with Crippen LogP contribution < -0.4 is 10.6 Å². The van der Waals surface area contributed by atoms with Gasteiger partial charge in [0.15, 0.2) is 5.96 Å². The van der Waals surface area contributed by atoms with Crippen LogP contribution in [0.4, 0.5) is 0 Å². The summed E-state index contributed by atoms with van der Waals surface area (Å²) in [6.07, 6.45) is 0. The van der Waals surface area contributed by atoms with Gasteiger partial charge in [-0.2, -0.15) is 0 Å². The van der Waals surface area contributed by atoms with E-state index in [1.807, 2.05) is 13.8 Å². The van der Waals surface area contributed by atoms with Crippen LogP contribution in [0.3, 0.4) is 0 Å². The number of ether oxygens (including phenoxy) is 1. The Morgan fingerprint density at radius 3 is 2.59 bits per heavy atom. The molecule has 6 nitrogen and oxygen atoms in total. The van der Waals surface area contributed by atoms with Gasteiger partial charge in [-0.25, -0.2) is 0 Å². The predicted molar refractivity (Wildman–Crippen MR) is 125 cm³/mol. The summed E-state index contributed by atoms with van der Waals surface area (Å²) in [5.41, 5.74) is -0.830. The first kappa shape index (κ1) is 24.6. The van der Waals surface area contributed by atoms with Crippen molar-refractivity contribution in [1.29, 1.82) is 0 Å². The van der Waals surface area contributed by atoms with Crippen molar-refractivity contribution in [2.45, 2.75) is 38.7 Å². The molecule has 0 spiro atoms. The van der Waals surface area contributed by atoms with Gasteiger partial charge in [0.2, 0.25) is 0 Å². The third-order valence-corrected chi connectivity index (χ3v) is 5.71. The minimum Gasteiger partial charge on any atom is -0.387 e. The van der Waals surface area contributed by atoms with Gasteiger partial charge >= 0.3 is 0 Å². The molecule has 1 atom stereocenters. The van der Waals surface area contributed by atoms with Crippen molar-refractivity contribution in [1.82, 2.24) is 15.5 Å². The first-order chi connectivity index (χ1) is 12.3. The molecule has 8 heteroatoms. The van der Waals surface area contributed by atoms with Crippen molar-refractivity contribution in [3.63, 3.8) is 0 Å². The molecule has 1 aliphatic heterocycles. The summed E-state index contributed by atoms with van der Waals surface area (Å²) in [4.78, 5) is 8.21. The fraction of sp³-hybridized carbons (Fsp3) is 0.737. The lowest BCUT2D eigenvalue weighted by Gasteiger charge is -2.33. The molecule has 1 aromatic heterocycles. The number of halogens is 1. The number of nitrogens with one attached hydrogen (secondary N) is 2. The third kappa shape index (κ3) is 8.64. The topological polar surface area (TPSA) is 69.1 Å². The second-order valence-corrected chi connectivity index (χ2v) is 8.74. The van der Waals surface area contributed by atoms with Crippen molar-refractivity contribution in [2.24, 2.45) is 4.99 Å². The largest absolute Gasteiger partial charge is 0.387 e. The highest BCUT2D eigenvalue weighted by atomic mass is 127. The van der Waals surface area contributed by atoms with Crippen molar-refractivity contribution in [3.05, 3.63) is 22.4 Å². The zero-order valence-corrected chi connectivity index (χ0v) is 20.1. The molecule has 1 fully saturated rings. The van der Waals surface area contributed by atoms with E-state index in [0.717, 1.165) is 45.4 Å². The lowest BCUT2D eigenvalue weighted by atomic mass is 9.91. The minimum absolute atomic E-state index is 0. The molecule has 1 aliphatic rings. The fourth-order valence-electron chi connectivity index (χ4n) is 2.94. The number of β-amino-alcohol motifs (C(OH)–C–C–N with tert-alkyl or cyclic N) is 1. The molecule has 0 amide bonds. The number of hydrogen-bond donors (Lipinski definition) is 3. The highest BCUT2D eigenvalue weighted by Gasteiger charge is 2.26. The highest BCUT2D eigenvalue weighted by Crippen LogP contribution is 2.26. The maximum absolute atomic E-state index is 10.7. The van der Waals surface area contributed by atoms with E-state index in [9.17, 15) is 5.11 Å². The lowest BCUT2D eigenvalue weighted by molar-refractivity contribution is -0.0179. The summed E-state index contributed by atoms with van der Waals surface area (Å²) in [5.74, 6) is 0.749. The maximum atomic E-state index is 10.7. The quantitative estimate of drug-likeness (QED) is 0.285. The molecule has 3 N–H and O–H groups in total. The molecule has 156 valence electrons. The highest BCUT2D eigenvalue weighted by molar-refractivity contribution is 14.0. The third-order valence-electron chi connectivity index (χ3n) is 4.48. The monoisotopic (exact) mass is 510 g/mol. The average molecular weight is 510 g/mol. The Balaban J connectivity index is 0.00000364. The number of guanidine groups is 1. The molecule has 1 unspecified atom stereocenters. The van der Waals surface area contributed by atoms with Gasteiger partial charge in [0.1, 0.15) is 0 Å². The van der Waals surface area contributed by atoms with E-state index in [-0.39, 0.29) is 29.4 Å². The second-order valence-electron chi connectivity index (χ2n) is 7.80. The molecule has 27 heavy (non-hydrogen) atoms. The van der Waals surface area contributed by atoms with Gasteiger partial charge in [0.25, 0.3) is 0 Å². The lowest BCUT2D eigenvalue weighted by Crippen LogP contribution is -2.48. The Morgan fingerprint density at radius 2 is 2.00 bits per heavy atom. The number of thiophene rings is 1. The van der Waals surface area contributed by atoms with E-state index in [1.165, 1.54) is 4.88 Å². The number of aliphatic imine (C=N–C) groups is 1. The Bertz CT molecular complexity index is 558. The number of morpholine rings is 1. The standard InChI is InChI=1S/C19H34N4O2S.HI/c1-5-20-17(21-13-18(2,3)16-7-6-12-26-16)22-14-19(4,24)15-23-8-10-25-11-9-23;/h6-7,12,24H,5,8-11,13-15H2,1-4H3,(H2,20,21,22);1H. The maximum Gasteiger partial charge on any atom is 0.191 e. The van der Waals surface area contributed by atoms with Crippen molar-refractivity contribution in [3.8, 4) is 0 Å². The van der Waals surface area contributed by atoms with Gasteiger partial charge in [-0.05, 0) is 25.3 Å². The molecule has 1 aromatic rings. The minimum atomic E-state index is -0.858. The van der Waals surface area contributed by atoms with Crippen LogP contribution in [0.25, 0.3) is 0 Å². The van der Waals surface area contributed by atoms with Gasteiger partial charge in [0.05, 0.1) is 25.4 Å². The summed E-state index contributed by atoms with van der Waals surface area (Å²) >= 11 is 1.78. The van der Waals surface area contributed by atoms with Gasteiger partial charge in [0, 0.05) is 43.0 Å². The molecular weight excluding hydrogens is 475 g/mol. The molecule has 0 aromatic carbocycles. The van der Waals surface area contributed by atoms with Crippen LogP contribution in [-0.2, 0) is 10.2 Å². The molecule has 2 rings (SSSR count). The van der Waals surface area contributed by atoms with E-state index in [4.69, 9.17) is 4.74 Å². The van der Waals surface area contributed by atoms with Crippen molar-refractivity contribution in [2.75, 3.05) is 52.5 Å².